The summed E-state index contributed by atoms with van der Waals surface area (Å²) < 4.78 is 0. The molecule has 0 spiro atoms. The summed E-state index contributed by atoms with van der Waals surface area (Å²) in [5.74, 6) is 0.102. The second-order valence-corrected chi connectivity index (χ2v) is 6.82. The van der Waals surface area contributed by atoms with Gasteiger partial charge in [0, 0.05) is 12.2 Å². The summed E-state index contributed by atoms with van der Waals surface area (Å²) in [5, 5.41) is 20.7. The molecule has 6 heteroatoms. The van der Waals surface area contributed by atoms with E-state index in [2.05, 4.69) is 24.1 Å². The zero-order valence-corrected chi connectivity index (χ0v) is 14.4. The van der Waals surface area contributed by atoms with Crippen molar-refractivity contribution >= 4 is 17.2 Å². The third-order valence-electron chi connectivity index (χ3n) is 3.45. The van der Waals surface area contributed by atoms with Crippen LogP contribution < -0.4 is 5.32 Å². The van der Waals surface area contributed by atoms with Crippen LogP contribution in [0.1, 0.15) is 40.7 Å². The van der Waals surface area contributed by atoms with Crippen LogP contribution in [0.15, 0.2) is 24.3 Å². The molecule has 23 heavy (non-hydrogen) atoms. The highest BCUT2D eigenvalue weighted by Gasteiger charge is 2.16. The molecule has 1 amide bonds. The van der Waals surface area contributed by atoms with E-state index < -0.39 is 6.10 Å². The molecule has 0 saturated heterocycles. The Balaban J connectivity index is 2.20. The molecular formula is C17H22N2O3S. The molecule has 0 aliphatic rings. The van der Waals surface area contributed by atoms with Crippen LogP contribution >= 0.6 is 11.3 Å². The van der Waals surface area contributed by atoms with E-state index in [1.165, 1.54) is 11.3 Å². The molecule has 0 aromatic carbocycles. The lowest BCUT2D eigenvalue weighted by atomic mass is 10.1. The minimum Gasteiger partial charge on any atom is -0.394 e. The minimum atomic E-state index is -0.942. The molecule has 1 atom stereocenters. The third-order valence-corrected chi connectivity index (χ3v) is 4.71. The summed E-state index contributed by atoms with van der Waals surface area (Å²) in [7, 11) is 0. The molecule has 3 N–H and O–H groups in total. The average Bonchev–Trinajstić information content (AvgIpc) is 2.94. The van der Waals surface area contributed by atoms with Crippen LogP contribution in [-0.4, -0.2) is 40.4 Å². The first-order valence-electron chi connectivity index (χ1n) is 7.57. The van der Waals surface area contributed by atoms with Gasteiger partial charge >= 0.3 is 0 Å². The fourth-order valence-electron chi connectivity index (χ4n) is 2.10. The fraction of sp³-hybridized carbons (Fsp3) is 0.412. The first-order valence-corrected chi connectivity index (χ1v) is 8.39. The fourth-order valence-corrected chi connectivity index (χ4v) is 3.16. The zero-order chi connectivity index (χ0) is 17.0. The van der Waals surface area contributed by atoms with Crippen molar-refractivity contribution in [3.8, 4) is 10.6 Å². The Labute approximate surface area is 140 Å². The van der Waals surface area contributed by atoms with Crippen molar-refractivity contribution in [1.29, 1.82) is 0 Å². The SMILES string of the molecule is Cc1cc(-c2cccc(C(C)C)n2)sc1C(=O)NCC(O)CO. The molecular weight excluding hydrogens is 312 g/mol. The molecule has 0 radical (unpaired) electrons. The van der Waals surface area contributed by atoms with Gasteiger partial charge in [0.05, 0.1) is 28.2 Å². The van der Waals surface area contributed by atoms with Crippen molar-refractivity contribution in [3.05, 3.63) is 40.4 Å². The van der Waals surface area contributed by atoms with Crippen LogP contribution in [0.5, 0.6) is 0 Å². The normalized spacial score (nSPS) is 12.4. The van der Waals surface area contributed by atoms with Crippen LogP contribution in [0.25, 0.3) is 10.6 Å². The molecule has 0 aliphatic carbocycles. The number of nitrogens with zero attached hydrogens (tertiary/aromatic N) is 1. The summed E-state index contributed by atoms with van der Waals surface area (Å²) in [6, 6.07) is 7.87. The van der Waals surface area contributed by atoms with Gasteiger partial charge in [0.25, 0.3) is 5.91 Å². The Bertz CT molecular complexity index is 682. The van der Waals surface area contributed by atoms with Gasteiger partial charge in [0.2, 0.25) is 0 Å². The summed E-state index contributed by atoms with van der Waals surface area (Å²) in [6.07, 6.45) is -0.942. The second kappa shape index (κ2) is 7.68. The molecule has 2 rings (SSSR count). The van der Waals surface area contributed by atoms with Gasteiger partial charge in [-0.25, -0.2) is 0 Å². The van der Waals surface area contributed by atoms with Gasteiger partial charge in [-0.3, -0.25) is 9.78 Å². The lowest BCUT2D eigenvalue weighted by Crippen LogP contribution is -2.33. The largest absolute Gasteiger partial charge is 0.394 e. The lowest BCUT2D eigenvalue weighted by molar-refractivity contribution is 0.0804. The first kappa shape index (κ1) is 17.6. The quantitative estimate of drug-likeness (QED) is 0.757. The Hall–Kier alpha value is -1.76. The standard InChI is InChI=1S/C17H22N2O3S/c1-10(2)13-5-4-6-14(19-13)15-7-11(3)16(23-15)17(22)18-8-12(21)9-20/h4-7,10,12,20-21H,8-9H2,1-3H3,(H,18,22). The smallest absolute Gasteiger partial charge is 0.261 e. The summed E-state index contributed by atoms with van der Waals surface area (Å²) in [6.45, 7) is 5.72. The van der Waals surface area contributed by atoms with Crippen LogP contribution in [0.2, 0.25) is 0 Å². The number of carbonyl (C=O) groups is 1. The topological polar surface area (TPSA) is 82.5 Å². The highest BCUT2D eigenvalue weighted by atomic mass is 32.1. The molecule has 0 saturated carbocycles. The van der Waals surface area contributed by atoms with Gasteiger partial charge in [0.15, 0.2) is 0 Å². The van der Waals surface area contributed by atoms with Crippen molar-refractivity contribution in [1.82, 2.24) is 10.3 Å². The van der Waals surface area contributed by atoms with Crippen LogP contribution in [-0.2, 0) is 0 Å². The van der Waals surface area contributed by atoms with Crippen molar-refractivity contribution in [2.45, 2.75) is 32.8 Å². The van der Waals surface area contributed by atoms with E-state index in [1.54, 1.807) is 0 Å². The third kappa shape index (κ3) is 4.37. The Kier molecular flexibility index (Phi) is 5.87. The van der Waals surface area contributed by atoms with Gasteiger partial charge in [-0.05, 0) is 36.6 Å². The van der Waals surface area contributed by atoms with Gasteiger partial charge in [-0.1, -0.05) is 19.9 Å². The minimum absolute atomic E-state index is 0.0308. The number of thiophene rings is 1. The molecule has 0 fully saturated rings. The number of nitrogens with one attached hydrogen (secondary N) is 1. The molecule has 0 bridgehead atoms. The van der Waals surface area contributed by atoms with E-state index >= 15 is 0 Å². The van der Waals surface area contributed by atoms with Crippen molar-refractivity contribution in [2.24, 2.45) is 0 Å². The van der Waals surface area contributed by atoms with E-state index in [0.29, 0.717) is 10.8 Å². The molecule has 2 aromatic heterocycles. The summed E-state index contributed by atoms with van der Waals surface area (Å²) >= 11 is 1.38. The number of hydrogen-bond donors (Lipinski definition) is 3. The highest BCUT2D eigenvalue weighted by molar-refractivity contribution is 7.17. The van der Waals surface area contributed by atoms with Crippen LogP contribution in [0.4, 0.5) is 0 Å². The maximum atomic E-state index is 12.2. The molecule has 2 aromatic rings. The van der Waals surface area contributed by atoms with E-state index in [9.17, 15) is 9.90 Å². The number of aromatic nitrogens is 1. The predicted molar refractivity (Wildman–Crippen MR) is 91.8 cm³/mol. The van der Waals surface area contributed by atoms with Gasteiger partial charge in [-0.2, -0.15) is 0 Å². The van der Waals surface area contributed by atoms with E-state index in [-0.39, 0.29) is 19.1 Å². The number of aliphatic hydroxyl groups excluding tert-OH is 2. The zero-order valence-electron chi connectivity index (χ0n) is 13.5. The Morgan fingerprint density at radius 3 is 2.78 bits per heavy atom. The van der Waals surface area contributed by atoms with Crippen molar-refractivity contribution in [2.75, 3.05) is 13.2 Å². The monoisotopic (exact) mass is 334 g/mol. The molecule has 0 aliphatic heterocycles. The predicted octanol–water partition coefficient (Wildman–Crippen LogP) is 2.32. The summed E-state index contributed by atoms with van der Waals surface area (Å²) in [5.41, 5.74) is 2.75. The molecule has 124 valence electrons. The Morgan fingerprint density at radius 1 is 1.39 bits per heavy atom. The molecule has 5 nitrogen and oxygen atoms in total. The number of aryl methyl sites for hydroxylation is 1. The number of pyridine rings is 1. The maximum Gasteiger partial charge on any atom is 0.261 e. The van der Waals surface area contributed by atoms with Gasteiger partial charge < -0.3 is 15.5 Å². The maximum absolute atomic E-state index is 12.2. The Morgan fingerprint density at radius 2 is 2.13 bits per heavy atom. The van der Waals surface area contributed by atoms with E-state index in [0.717, 1.165) is 21.8 Å². The lowest BCUT2D eigenvalue weighted by Gasteiger charge is -2.08. The highest BCUT2D eigenvalue weighted by Crippen LogP contribution is 2.30. The van der Waals surface area contributed by atoms with Crippen LogP contribution in [0, 0.1) is 6.92 Å². The molecule has 1 unspecified atom stereocenters. The van der Waals surface area contributed by atoms with E-state index in [4.69, 9.17) is 5.11 Å². The number of aliphatic hydroxyl groups is 2. The average molecular weight is 334 g/mol. The summed E-state index contributed by atoms with van der Waals surface area (Å²) in [4.78, 5) is 18.4. The van der Waals surface area contributed by atoms with Crippen LogP contribution in [0.3, 0.4) is 0 Å². The number of rotatable bonds is 6. The molecule has 2 heterocycles. The van der Waals surface area contributed by atoms with Gasteiger partial charge in [-0.15, -0.1) is 11.3 Å². The number of amides is 1. The first-order chi connectivity index (χ1) is 10.9. The van der Waals surface area contributed by atoms with Gasteiger partial charge in [0.1, 0.15) is 0 Å². The van der Waals surface area contributed by atoms with E-state index in [1.807, 2.05) is 31.2 Å². The van der Waals surface area contributed by atoms with Crippen molar-refractivity contribution < 1.29 is 15.0 Å². The second-order valence-electron chi connectivity index (χ2n) is 5.77. The van der Waals surface area contributed by atoms with Crippen molar-refractivity contribution in [3.63, 3.8) is 0 Å². The number of hydrogen-bond acceptors (Lipinski definition) is 5. The number of carbonyl (C=O) groups excluding carboxylic acids is 1.